The Morgan fingerprint density at radius 2 is 1.97 bits per heavy atom. The molecule has 0 saturated carbocycles. The third kappa shape index (κ3) is 4.47. The Kier molecular flexibility index (Phi) is 6.59. The second kappa shape index (κ2) is 8.89. The molecule has 0 saturated heterocycles. The van der Waals surface area contributed by atoms with Gasteiger partial charge < -0.3 is 14.1 Å². The van der Waals surface area contributed by atoms with Gasteiger partial charge in [0, 0.05) is 37.5 Å². The van der Waals surface area contributed by atoms with Crippen molar-refractivity contribution in [2.75, 3.05) is 21.1 Å². The van der Waals surface area contributed by atoms with E-state index in [1.807, 2.05) is 0 Å². The van der Waals surface area contributed by atoms with Crippen molar-refractivity contribution in [1.29, 1.82) is 0 Å². The minimum atomic E-state index is -4.01. The Labute approximate surface area is 188 Å². The van der Waals surface area contributed by atoms with Crippen LogP contribution in [0.5, 0.6) is 5.75 Å². The van der Waals surface area contributed by atoms with Crippen molar-refractivity contribution in [3.8, 4) is 5.75 Å². The topological polar surface area (TPSA) is 106 Å². The first-order valence-electron chi connectivity index (χ1n) is 9.32. The van der Waals surface area contributed by atoms with E-state index >= 15 is 0 Å². The maximum atomic E-state index is 14.9. The van der Waals surface area contributed by atoms with Crippen LogP contribution in [0.3, 0.4) is 0 Å². The number of amides is 1. The summed E-state index contributed by atoms with van der Waals surface area (Å²) in [5.41, 5.74) is 0.0331. The van der Waals surface area contributed by atoms with Gasteiger partial charge in [0.05, 0.1) is 5.02 Å². The zero-order valence-electron chi connectivity index (χ0n) is 17.7. The van der Waals surface area contributed by atoms with Crippen LogP contribution in [0.4, 0.5) is 9.18 Å². The number of ether oxygens (including phenoxy) is 1. The summed E-state index contributed by atoms with van der Waals surface area (Å²) in [4.78, 5) is 25.2. The van der Waals surface area contributed by atoms with Crippen molar-refractivity contribution in [3.05, 3.63) is 68.3 Å². The van der Waals surface area contributed by atoms with Crippen molar-refractivity contribution in [2.24, 2.45) is 0 Å². The van der Waals surface area contributed by atoms with Gasteiger partial charge in [-0.3, -0.25) is 0 Å². The summed E-state index contributed by atoms with van der Waals surface area (Å²) in [7, 11) is 0.171. The Morgan fingerprint density at radius 3 is 2.59 bits per heavy atom. The number of hydrogen-bond acceptors (Lipinski definition) is 6. The molecule has 8 nitrogen and oxygen atoms in total. The number of hydrogen-bond donors (Lipinski definition) is 1. The summed E-state index contributed by atoms with van der Waals surface area (Å²) in [6, 6.07) is 6.73. The first-order valence-corrected chi connectivity index (χ1v) is 11.2. The zero-order chi connectivity index (χ0) is 23.8. The molecule has 0 bridgehead atoms. The van der Waals surface area contributed by atoms with Crippen LogP contribution in [0.1, 0.15) is 16.7 Å². The van der Waals surface area contributed by atoms with E-state index in [0.717, 1.165) is 6.07 Å². The Bertz CT molecular complexity index is 1390. The van der Waals surface area contributed by atoms with Crippen molar-refractivity contribution < 1.29 is 26.8 Å². The van der Waals surface area contributed by atoms with E-state index in [9.17, 15) is 22.4 Å². The number of halogens is 2. The lowest BCUT2D eigenvalue weighted by molar-refractivity contribution is 0.172. The monoisotopic (exact) mass is 482 g/mol. The molecule has 0 atom stereocenters. The van der Waals surface area contributed by atoms with Gasteiger partial charge in [-0.05, 0) is 37.2 Å². The van der Waals surface area contributed by atoms with Gasteiger partial charge in [0.2, 0.25) is 10.0 Å². The van der Waals surface area contributed by atoms with Crippen LogP contribution in [0.15, 0.2) is 44.4 Å². The second-order valence-electron chi connectivity index (χ2n) is 7.15. The summed E-state index contributed by atoms with van der Waals surface area (Å²) in [5.74, 6) is -0.936. The molecule has 0 fully saturated rings. The average Bonchev–Trinajstić information content (AvgIpc) is 2.73. The van der Waals surface area contributed by atoms with E-state index in [1.165, 1.54) is 50.3 Å². The number of nitrogens with one attached hydrogen (secondary N) is 1. The number of benzene rings is 2. The molecule has 0 aliphatic carbocycles. The molecule has 1 amide bonds. The fourth-order valence-electron chi connectivity index (χ4n) is 3.06. The minimum absolute atomic E-state index is 0.0127. The minimum Gasteiger partial charge on any atom is -0.422 e. The summed E-state index contributed by atoms with van der Waals surface area (Å²) in [6.07, 6.45) is -0.855. The summed E-state index contributed by atoms with van der Waals surface area (Å²) < 4.78 is 51.6. The lowest BCUT2D eigenvalue weighted by atomic mass is 9.99. The van der Waals surface area contributed by atoms with E-state index in [2.05, 4.69) is 4.72 Å². The standard InChI is InChI=1S/C21H20ClFN2O6S/c1-11-13-9-15(22)17(31-21(27)25(3)4)10-16(13)30-20(26)14(11)8-12-6-5-7-18(19(12)23)32(28,29)24-2/h5-7,9-10,24H,8H2,1-4H3. The fourth-order valence-corrected chi connectivity index (χ4v) is 4.11. The number of carbonyl (C=O) groups excluding carboxylic acids is 1. The summed E-state index contributed by atoms with van der Waals surface area (Å²) >= 11 is 6.24. The molecule has 11 heteroatoms. The van der Waals surface area contributed by atoms with E-state index in [0.29, 0.717) is 10.9 Å². The molecular weight excluding hydrogens is 463 g/mol. The molecule has 0 aliphatic heterocycles. The largest absolute Gasteiger partial charge is 0.422 e. The van der Waals surface area contributed by atoms with Crippen LogP contribution >= 0.6 is 11.6 Å². The van der Waals surface area contributed by atoms with Gasteiger partial charge in [0.1, 0.15) is 16.3 Å². The van der Waals surface area contributed by atoms with Crippen molar-refractivity contribution in [1.82, 2.24) is 9.62 Å². The van der Waals surface area contributed by atoms with Crippen molar-refractivity contribution >= 4 is 38.7 Å². The maximum absolute atomic E-state index is 14.9. The molecule has 0 unspecified atom stereocenters. The molecule has 0 spiro atoms. The normalized spacial score (nSPS) is 11.6. The number of nitrogens with zero attached hydrogens (tertiary/aromatic N) is 1. The molecule has 0 aliphatic rings. The predicted octanol–water partition coefficient (Wildman–Crippen LogP) is 3.45. The van der Waals surface area contributed by atoms with Crippen molar-refractivity contribution in [2.45, 2.75) is 18.2 Å². The fraction of sp³-hybridized carbons (Fsp3) is 0.238. The number of aryl methyl sites for hydroxylation is 1. The predicted molar refractivity (Wildman–Crippen MR) is 117 cm³/mol. The molecule has 1 heterocycles. The highest BCUT2D eigenvalue weighted by atomic mass is 35.5. The van der Waals surface area contributed by atoms with E-state index in [1.54, 1.807) is 6.92 Å². The van der Waals surface area contributed by atoms with E-state index < -0.39 is 32.5 Å². The van der Waals surface area contributed by atoms with Gasteiger partial charge in [0.25, 0.3) is 0 Å². The van der Waals surface area contributed by atoms with Crippen LogP contribution in [-0.4, -0.2) is 40.6 Å². The molecule has 32 heavy (non-hydrogen) atoms. The molecule has 0 radical (unpaired) electrons. The second-order valence-corrected chi connectivity index (χ2v) is 9.41. The van der Waals surface area contributed by atoms with Crippen LogP contribution in [0.25, 0.3) is 11.0 Å². The maximum Gasteiger partial charge on any atom is 0.414 e. The van der Waals surface area contributed by atoms with E-state index in [-0.39, 0.29) is 33.9 Å². The highest BCUT2D eigenvalue weighted by molar-refractivity contribution is 7.89. The van der Waals surface area contributed by atoms with Gasteiger partial charge in [-0.2, -0.15) is 0 Å². The van der Waals surface area contributed by atoms with Crippen LogP contribution in [0, 0.1) is 12.7 Å². The van der Waals surface area contributed by atoms with Gasteiger partial charge in [-0.15, -0.1) is 0 Å². The van der Waals surface area contributed by atoms with Gasteiger partial charge >= 0.3 is 11.7 Å². The van der Waals surface area contributed by atoms with Crippen LogP contribution in [0.2, 0.25) is 5.02 Å². The Morgan fingerprint density at radius 1 is 1.28 bits per heavy atom. The average molecular weight is 483 g/mol. The van der Waals surface area contributed by atoms with Gasteiger partial charge in [0.15, 0.2) is 5.75 Å². The van der Waals surface area contributed by atoms with Crippen LogP contribution in [-0.2, 0) is 16.4 Å². The molecule has 2 aromatic carbocycles. The Balaban J connectivity index is 2.09. The molecular formula is C21H20ClFN2O6S. The summed E-state index contributed by atoms with van der Waals surface area (Å²) in [6.45, 7) is 1.64. The first-order chi connectivity index (χ1) is 15.0. The quantitative estimate of drug-likeness (QED) is 0.558. The Hall–Kier alpha value is -2.95. The molecule has 1 aromatic heterocycles. The first kappa shape index (κ1) is 23.7. The molecule has 3 rings (SSSR count). The third-order valence-electron chi connectivity index (χ3n) is 4.87. The van der Waals surface area contributed by atoms with E-state index in [4.69, 9.17) is 20.8 Å². The number of fused-ring (bicyclic) bond motifs is 1. The van der Waals surface area contributed by atoms with Crippen LogP contribution < -0.4 is 15.1 Å². The third-order valence-corrected chi connectivity index (χ3v) is 6.60. The smallest absolute Gasteiger partial charge is 0.414 e. The van der Waals surface area contributed by atoms with Gasteiger partial charge in [-0.25, -0.2) is 27.1 Å². The van der Waals surface area contributed by atoms with Gasteiger partial charge in [-0.1, -0.05) is 23.7 Å². The lowest BCUT2D eigenvalue weighted by Gasteiger charge is -2.14. The number of rotatable bonds is 5. The molecule has 1 N–H and O–H groups in total. The SMILES string of the molecule is CNS(=O)(=O)c1cccc(Cc2c(C)c3cc(Cl)c(OC(=O)N(C)C)cc3oc2=O)c1F. The highest BCUT2D eigenvalue weighted by Crippen LogP contribution is 2.33. The highest BCUT2D eigenvalue weighted by Gasteiger charge is 2.22. The molecule has 3 aromatic rings. The summed E-state index contributed by atoms with van der Waals surface area (Å²) in [5, 5.41) is 0.581. The zero-order valence-corrected chi connectivity index (χ0v) is 19.2. The number of carbonyl (C=O) groups is 1. The molecule has 170 valence electrons. The number of sulfonamides is 1. The van der Waals surface area contributed by atoms with Crippen molar-refractivity contribution in [3.63, 3.8) is 0 Å². The lowest BCUT2D eigenvalue weighted by Crippen LogP contribution is -2.25.